The lowest BCUT2D eigenvalue weighted by atomic mass is 9.87. The number of carbonyl (C=O) groups is 1. The van der Waals surface area contributed by atoms with E-state index in [1.807, 2.05) is 43.7 Å². The maximum atomic E-state index is 12.1. The van der Waals surface area contributed by atoms with Gasteiger partial charge in [-0.1, -0.05) is 13.0 Å². The highest BCUT2D eigenvalue weighted by atomic mass is 16.5. The van der Waals surface area contributed by atoms with Gasteiger partial charge >= 0.3 is 0 Å². The quantitative estimate of drug-likeness (QED) is 0.243. The number of piperazine rings is 1. The van der Waals surface area contributed by atoms with Crippen LogP contribution in [0.2, 0.25) is 0 Å². The average molecular weight is 571 g/mol. The van der Waals surface area contributed by atoms with Crippen LogP contribution in [-0.4, -0.2) is 67.5 Å². The number of anilines is 1. The summed E-state index contributed by atoms with van der Waals surface area (Å²) in [7, 11) is 1.63. The van der Waals surface area contributed by atoms with Crippen molar-refractivity contribution in [3.63, 3.8) is 0 Å². The Morgan fingerprint density at radius 1 is 1.00 bits per heavy atom. The van der Waals surface area contributed by atoms with Gasteiger partial charge in [-0.15, -0.1) is 0 Å². The number of hydrogen-bond acceptors (Lipinski definition) is 9. The maximum Gasteiger partial charge on any atom is 0.212 e. The van der Waals surface area contributed by atoms with Crippen molar-refractivity contribution in [1.29, 1.82) is 5.26 Å². The van der Waals surface area contributed by atoms with E-state index in [-0.39, 0.29) is 5.78 Å². The number of ether oxygens (including phenoxy) is 1. The van der Waals surface area contributed by atoms with Gasteiger partial charge in [-0.25, -0.2) is 14.5 Å². The van der Waals surface area contributed by atoms with Gasteiger partial charge in [0, 0.05) is 91.2 Å². The van der Waals surface area contributed by atoms with Crippen LogP contribution in [0.15, 0.2) is 73.4 Å². The number of nitrogens with zero attached hydrogens (tertiary/aromatic N) is 8. The molecule has 0 N–H and O–H groups in total. The molecule has 0 spiro atoms. The summed E-state index contributed by atoms with van der Waals surface area (Å²) >= 11 is 0. The molecule has 5 aromatic rings. The lowest BCUT2D eigenvalue weighted by Gasteiger charge is -2.56. The smallest absolute Gasteiger partial charge is 0.212 e. The van der Waals surface area contributed by atoms with Crippen LogP contribution in [0.5, 0.6) is 5.88 Å². The Labute approximate surface area is 249 Å². The summed E-state index contributed by atoms with van der Waals surface area (Å²) in [6.45, 7) is 4.58. The van der Waals surface area contributed by atoms with E-state index in [4.69, 9.17) is 9.72 Å². The standard InChI is InChI=1S/C33H30N8O2/c1-3-30(42)23-5-7-29(35-15-23)24-10-28(33-25(12-34)16-38-41(33)18-24)22-6-8-31(36-14-22)39-19-26-11-27(20-39)40(26)17-21-4-9-32(43-2)37-13-21/h4-10,13-16,18,26-27H,3,11,17,19-20H2,1-2H3. The summed E-state index contributed by atoms with van der Waals surface area (Å²) in [6, 6.07) is 17.0. The van der Waals surface area contributed by atoms with E-state index < -0.39 is 0 Å². The van der Waals surface area contributed by atoms with Crippen LogP contribution in [0.25, 0.3) is 27.9 Å². The van der Waals surface area contributed by atoms with E-state index in [0.717, 1.165) is 53.4 Å². The molecule has 43 heavy (non-hydrogen) atoms. The van der Waals surface area contributed by atoms with Crippen LogP contribution in [0.4, 0.5) is 5.82 Å². The minimum absolute atomic E-state index is 0.0559. The molecule has 3 saturated heterocycles. The molecule has 8 rings (SSSR count). The van der Waals surface area contributed by atoms with Gasteiger partial charge in [-0.05, 0) is 42.3 Å². The fourth-order valence-corrected chi connectivity index (χ4v) is 6.20. The van der Waals surface area contributed by atoms with Crippen LogP contribution in [0, 0.1) is 11.3 Å². The van der Waals surface area contributed by atoms with Crippen molar-refractivity contribution in [2.45, 2.75) is 38.4 Å². The van der Waals surface area contributed by atoms with Gasteiger partial charge in [-0.3, -0.25) is 14.7 Å². The Balaban J connectivity index is 1.12. The van der Waals surface area contributed by atoms with Crippen LogP contribution in [-0.2, 0) is 6.54 Å². The van der Waals surface area contributed by atoms with Crippen molar-refractivity contribution in [1.82, 2.24) is 29.5 Å². The van der Waals surface area contributed by atoms with Crippen molar-refractivity contribution in [3.05, 3.63) is 90.1 Å². The highest BCUT2D eigenvalue weighted by Crippen LogP contribution is 2.37. The minimum Gasteiger partial charge on any atom is -0.481 e. The molecule has 8 heterocycles. The summed E-state index contributed by atoms with van der Waals surface area (Å²) in [5, 5.41) is 14.2. The summed E-state index contributed by atoms with van der Waals surface area (Å²) in [4.78, 5) is 30.8. The van der Waals surface area contributed by atoms with Crippen LogP contribution in [0.3, 0.4) is 0 Å². The first kappa shape index (κ1) is 26.7. The van der Waals surface area contributed by atoms with Crippen molar-refractivity contribution in [2.75, 3.05) is 25.1 Å². The Bertz CT molecular complexity index is 1830. The number of aromatic nitrogens is 5. The number of nitriles is 1. The molecule has 2 atom stereocenters. The lowest BCUT2D eigenvalue weighted by Crippen LogP contribution is -2.68. The van der Waals surface area contributed by atoms with Gasteiger partial charge in [0.05, 0.1) is 30.1 Å². The molecule has 2 unspecified atom stereocenters. The molecule has 10 nitrogen and oxygen atoms in total. The van der Waals surface area contributed by atoms with Gasteiger partial charge < -0.3 is 9.64 Å². The van der Waals surface area contributed by atoms with Crippen molar-refractivity contribution >= 4 is 17.1 Å². The van der Waals surface area contributed by atoms with Gasteiger partial charge in [0.1, 0.15) is 11.9 Å². The number of piperidine rings is 1. The predicted molar refractivity (Wildman–Crippen MR) is 162 cm³/mol. The first-order valence-corrected chi connectivity index (χ1v) is 14.4. The Kier molecular flexibility index (Phi) is 6.80. The maximum absolute atomic E-state index is 12.1. The second-order valence-corrected chi connectivity index (χ2v) is 11.0. The molecule has 0 aromatic carbocycles. The Hall–Kier alpha value is -5.14. The van der Waals surface area contributed by atoms with Crippen molar-refractivity contribution < 1.29 is 9.53 Å². The van der Waals surface area contributed by atoms with E-state index in [1.165, 1.54) is 12.0 Å². The topological polar surface area (TPSA) is 113 Å². The van der Waals surface area contributed by atoms with Crippen molar-refractivity contribution in [2.24, 2.45) is 0 Å². The highest BCUT2D eigenvalue weighted by Gasteiger charge is 2.44. The van der Waals surface area contributed by atoms with E-state index in [2.05, 4.69) is 49.1 Å². The molecule has 0 amide bonds. The molecule has 3 aliphatic heterocycles. The number of pyridine rings is 4. The molecule has 214 valence electrons. The summed E-state index contributed by atoms with van der Waals surface area (Å²) in [6.07, 6.45) is 10.5. The monoisotopic (exact) mass is 570 g/mol. The summed E-state index contributed by atoms with van der Waals surface area (Å²) in [5.41, 5.74) is 6.29. The molecule has 0 saturated carbocycles. The third-order valence-corrected chi connectivity index (χ3v) is 8.53. The Morgan fingerprint density at radius 3 is 2.51 bits per heavy atom. The van der Waals surface area contributed by atoms with Crippen LogP contribution >= 0.6 is 0 Å². The third-order valence-electron chi connectivity index (χ3n) is 8.53. The minimum atomic E-state index is 0.0559. The molecule has 3 fully saturated rings. The molecule has 0 radical (unpaired) electrons. The largest absolute Gasteiger partial charge is 0.481 e. The van der Waals surface area contributed by atoms with Crippen LogP contribution in [0.1, 0.15) is 41.3 Å². The number of Topliss-reactive ketones (excluding diaryl/α,β-unsaturated/α-hetero) is 1. The summed E-state index contributed by atoms with van der Waals surface area (Å²) < 4.78 is 6.91. The second kappa shape index (κ2) is 10.9. The van der Waals surface area contributed by atoms with Gasteiger partial charge in [0.15, 0.2) is 5.78 Å². The lowest BCUT2D eigenvalue weighted by molar-refractivity contribution is -0.00876. The molecule has 3 aliphatic rings. The van der Waals surface area contributed by atoms with Gasteiger partial charge in [0.2, 0.25) is 5.88 Å². The first-order valence-electron chi connectivity index (χ1n) is 14.4. The fraction of sp³-hybridized carbons (Fsp3) is 0.273. The van der Waals surface area contributed by atoms with Gasteiger partial charge in [0.25, 0.3) is 0 Å². The van der Waals surface area contributed by atoms with E-state index in [0.29, 0.717) is 35.5 Å². The average Bonchev–Trinajstić information content (AvgIpc) is 3.50. The molecular weight excluding hydrogens is 540 g/mol. The van der Waals surface area contributed by atoms with E-state index in [9.17, 15) is 10.1 Å². The van der Waals surface area contributed by atoms with Gasteiger partial charge in [-0.2, -0.15) is 10.4 Å². The zero-order valence-corrected chi connectivity index (χ0v) is 24.0. The number of fused-ring (bicyclic) bond motifs is 3. The number of methoxy groups -OCH3 is 1. The fourth-order valence-electron chi connectivity index (χ4n) is 6.20. The highest BCUT2D eigenvalue weighted by molar-refractivity contribution is 5.96. The third kappa shape index (κ3) is 4.87. The summed E-state index contributed by atoms with van der Waals surface area (Å²) in [5.74, 6) is 1.64. The SMILES string of the molecule is CCC(=O)c1ccc(-c2cc(-c3ccc(N4CC5CC(C4)N5Cc4ccc(OC)nc4)nc3)c3c(C#N)cnn3c2)nc1. The predicted octanol–water partition coefficient (Wildman–Crippen LogP) is 4.79. The van der Waals surface area contributed by atoms with E-state index in [1.54, 1.807) is 30.1 Å². The number of hydrogen-bond donors (Lipinski definition) is 0. The molecule has 0 aliphatic carbocycles. The van der Waals surface area contributed by atoms with E-state index >= 15 is 0 Å². The molecular formula is C33H30N8O2. The zero-order valence-electron chi connectivity index (χ0n) is 24.0. The normalized spacial score (nSPS) is 17.8. The second-order valence-electron chi connectivity index (χ2n) is 11.0. The molecule has 10 heteroatoms. The first-order chi connectivity index (χ1) is 21.0. The number of ketones is 1. The molecule has 2 bridgehead atoms. The zero-order chi connectivity index (χ0) is 29.5. The molecule has 5 aromatic heterocycles. The van der Waals surface area contributed by atoms with Crippen molar-refractivity contribution in [3.8, 4) is 34.3 Å². The number of rotatable bonds is 8. The number of carbonyl (C=O) groups excluding carboxylic acids is 1. The Morgan fingerprint density at radius 2 is 1.86 bits per heavy atom. The van der Waals surface area contributed by atoms with Crippen LogP contribution < -0.4 is 9.64 Å².